The standard InChI is InChI=1S/C51H29N9/c52-28-32-15-18-40(37(23-32)29-53)38-24-39(31-54-30-38)59-45-19-16-35(25-41(45)49-47(59)13-7-21-55-49)36-17-20-46-42(26-36)50-48(14-8-22-56-50)60(46)51-57-43(33-9-3-1-4-10-33)27-44(58-51)34-11-5-2-6-12-34/h1-27,30-31H. The first kappa shape index (κ1) is 34.5. The van der Waals surface area contributed by atoms with Gasteiger partial charge >= 0.3 is 0 Å². The lowest BCUT2D eigenvalue weighted by atomic mass is 9.99. The van der Waals surface area contributed by atoms with Crippen LogP contribution in [0.15, 0.2) is 176 Å². The van der Waals surface area contributed by atoms with Gasteiger partial charge in [-0.2, -0.15) is 10.5 Å². The molecule has 11 aromatic rings. The molecular formula is C51H29N9. The van der Waals surface area contributed by atoms with E-state index in [4.69, 9.17) is 19.9 Å². The molecule has 0 unspecified atom stereocenters. The van der Waals surface area contributed by atoms with E-state index in [0.717, 1.165) is 88.8 Å². The Bertz CT molecular complexity index is 3520. The predicted octanol–water partition coefficient (Wildman–Crippen LogP) is 11.3. The van der Waals surface area contributed by atoms with Crippen LogP contribution in [0.5, 0.6) is 0 Å². The Kier molecular flexibility index (Phi) is 8.04. The summed E-state index contributed by atoms with van der Waals surface area (Å²) in [6.07, 6.45) is 7.20. The molecule has 5 aromatic carbocycles. The van der Waals surface area contributed by atoms with Crippen LogP contribution >= 0.6 is 0 Å². The van der Waals surface area contributed by atoms with Crippen molar-refractivity contribution in [2.75, 3.05) is 0 Å². The number of nitriles is 2. The van der Waals surface area contributed by atoms with Gasteiger partial charge in [0.2, 0.25) is 5.95 Å². The van der Waals surface area contributed by atoms with E-state index in [9.17, 15) is 10.5 Å². The third-order valence-electron chi connectivity index (χ3n) is 11.0. The lowest BCUT2D eigenvalue weighted by Gasteiger charge is -2.12. The Labute approximate surface area is 343 Å². The summed E-state index contributed by atoms with van der Waals surface area (Å²) in [5.41, 5.74) is 14.4. The summed E-state index contributed by atoms with van der Waals surface area (Å²) < 4.78 is 4.27. The summed E-state index contributed by atoms with van der Waals surface area (Å²) in [5.74, 6) is 0.567. The van der Waals surface area contributed by atoms with Crippen LogP contribution < -0.4 is 0 Å². The number of hydrogen-bond donors (Lipinski definition) is 0. The van der Waals surface area contributed by atoms with Crippen LogP contribution in [0.3, 0.4) is 0 Å². The van der Waals surface area contributed by atoms with Gasteiger partial charge in [0, 0.05) is 51.6 Å². The highest BCUT2D eigenvalue weighted by Gasteiger charge is 2.20. The fourth-order valence-corrected chi connectivity index (χ4v) is 8.23. The van der Waals surface area contributed by atoms with Gasteiger partial charge in [-0.25, -0.2) is 9.97 Å². The number of aromatic nitrogens is 7. The monoisotopic (exact) mass is 767 g/mol. The second-order valence-corrected chi connectivity index (χ2v) is 14.5. The van der Waals surface area contributed by atoms with Gasteiger partial charge < -0.3 is 4.57 Å². The van der Waals surface area contributed by atoms with Crippen LogP contribution in [0.1, 0.15) is 11.1 Å². The zero-order valence-electron chi connectivity index (χ0n) is 31.8. The molecule has 0 aliphatic heterocycles. The normalized spacial score (nSPS) is 11.3. The minimum atomic E-state index is 0.419. The van der Waals surface area contributed by atoms with E-state index in [1.54, 1.807) is 24.4 Å². The highest BCUT2D eigenvalue weighted by molar-refractivity contribution is 6.10. The van der Waals surface area contributed by atoms with E-state index in [-0.39, 0.29) is 0 Å². The van der Waals surface area contributed by atoms with Crippen molar-refractivity contribution in [1.29, 1.82) is 10.5 Å². The third kappa shape index (κ3) is 5.66. The van der Waals surface area contributed by atoms with Gasteiger partial charge in [-0.05, 0) is 83.9 Å². The van der Waals surface area contributed by atoms with E-state index in [1.165, 1.54) is 0 Å². The van der Waals surface area contributed by atoms with Gasteiger partial charge in [0.1, 0.15) is 0 Å². The second kappa shape index (κ2) is 14.0. The molecule has 0 aliphatic carbocycles. The molecule has 0 saturated heterocycles. The van der Waals surface area contributed by atoms with Crippen LogP contribution in [-0.4, -0.2) is 34.1 Å². The molecule has 9 nitrogen and oxygen atoms in total. The molecular weight excluding hydrogens is 739 g/mol. The van der Waals surface area contributed by atoms with Crippen molar-refractivity contribution < 1.29 is 0 Å². The fraction of sp³-hybridized carbons (Fsp3) is 0. The molecule has 0 N–H and O–H groups in total. The first-order chi connectivity index (χ1) is 29.6. The maximum Gasteiger partial charge on any atom is 0.235 e. The van der Waals surface area contributed by atoms with Crippen LogP contribution in [-0.2, 0) is 0 Å². The number of benzene rings is 5. The molecule has 0 spiro atoms. The van der Waals surface area contributed by atoms with E-state index >= 15 is 0 Å². The van der Waals surface area contributed by atoms with E-state index in [2.05, 4.69) is 99.1 Å². The first-order valence-electron chi connectivity index (χ1n) is 19.3. The first-order valence-corrected chi connectivity index (χ1v) is 19.3. The second-order valence-electron chi connectivity index (χ2n) is 14.5. The summed E-state index contributed by atoms with van der Waals surface area (Å²) in [4.78, 5) is 24.7. The number of fused-ring (bicyclic) bond motifs is 6. The average molecular weight is 768 g/mol. The predicted molar refractivity (Wildman–Crippen MR) is 235 cm³/mol. The molecule has 0 saturated carbocycles. The zero-order valence-corrected chi connectivity index (χ0v) is 31.8. The van der Waals surface area contributed by atoms with Gasteiger partial charge in [-0.1, -0.05) is 78.9 Å². The summed E-state index contributed by atoms with van der Waals surface area (Å²) in [6.45, 7) is 0. The van der Waals surface area contributed by atoms with Crippen molar-refractivity contribution in [3.8, 4) is 68.5 Å². The maximum absolute atomic E-state index is 9.91. The van der Waals surface area contributed by atoms with Crippen LogP contribution in [0, 0.1) is 22.7 Å². The number of nitrogens with zero attached hydrogens (tertiary/aromatic N) is 9. The molecule has 0 amide bonds. The summed E-state index contributed by atoms with van der Waals surface area (Å²) in [6, 6.07) is 54.9. The Morgan fingerprint density at radius 2 is 1.05 bits per heavy atom. The highest BCUT2D eigenvalue weighted by atomic mass is 15.2. The Balaban J connectivity index is 1.06. The van der Waals surface area contributed by atoms with Crippen molar-refractivity contribution >= 4 is 43.9 Å². The number of hydrogen-bond acceptors (Lipinski definition) is 7. The molecule has 60 heavy (non-hydrogen) atoms. The van der Waals surface area contributed by atoms with Gasteiger partial charge in [0.05, 0.1) is 79.6 Å². The molecule has 6 heterocycles. The quantitative estimate of drug-likeness (QED) is 0.165. The highest BCUT2D eigenvalue weighted by Crippen LogP contribution is 2.38. The molecule has 0 aliphatic rings. The Morgan fingerprint density at radius 1 is 0.450 bits per heavy atom. The molecule has 11 rings (SSSR count). The summed E-state index contributed by atoms with van der Waals surface area (Å²) in [5, 5.41) is 21.3. The van der Waals surface area contributed by atoms with Crippen LogP contribution in [0.4, 0.5) is 0 Å². The van der Waals surface area contributed by atoms with Crippen molar-refractivity contribution in [2.24, 2.45) is 0 Å². The van der Waals surface area contributed by atoms with Gasteiger partial charge in [-0.3, -0.25) is 19.5 Å². The van der Waals surface area contributed by atoms with E-state index in [1.807, 2.05) is 79.3 Å². The zero-order chi connectivity index (χ0) is 40.2. The smallest absolute Gasteiger partial charge is 0.235 e. The van der Waals surface area contributed by atoms with Crippen LogP contribution in [0.25, 0.3) is 100 Å². The van der Waals surface area contributed by atoms with Crippen molar-refractivity contribution in [2.45, 2.75) is 0 Å². The third-order valence-corrected chi connectivity index (χ3v) is 11.0. The van der Waals surface area contributed by atoms with E-state index in [0.29, 0.717) is 22.6 Å². The van der Waals surface area contributed by atoms with Crippen molar-refractivity contribution in [3.05, 3.63) is 188 Å². The molecule has 0 fully saturated rings. The van der Waals surface area contributed by atoms with Gasteiger partial charge in [0.15, 0.2) is 0 Å². The lowest BCUT2D eigenvalue weighted by Crippen LogP contribution is -2.04. The lowest BCUT2D eigenvalue weighted by molar-refractivity contribution is 0.994. The number of pyridine rings is 3. The molecule has 0 bridgehead atoms. The average Bonchev–Trinajstić information content (AvgIpc) is 3.84. The summed E-state index contributed by atoms with van der Waals surface area (Å²) in [7, 11) is 0. The minimum absolute atomic E-state index is 0.419. The number of rotatable bonds is 6. The Hall–Kier alpha value is -8.79. The van der Waals surface area contributed by atoms with Crippen molar-refractivity contribution in [1.82, 2.24) is 34.1 Å². The van der Waals surface area contributed by atoms with Gasteiger partial charge in [-0.15, -0.1) is 0 Å². The molecule has 9 heteroatoms. The molecule has 278 valence electrons. The molecule has 6 aromatic heterocycles. The maximum atomic E-state index is 9.91. The largest absolute Gasteiger partial charge is 0.306 e. The fourth-order valence-electron chi connectivity index (χ4n) is 8.23. The minimum Gasteiger partial charge on any atom is -0.306 e. The van der Waals surface area contributed by atoms with E-state index < -0.39 is 0 Å². The molecule has 0 radical (unpaired) electrons. The van der Waals surface area contributed by atoms with Crippen molar-refractivity contribution in [3.63, 3.8) is 0 Å². The topological polar surface area (TPSA) is 122 Å². The Morgan fingerprint density at radius 3 is 1.65 bits per heavy atom. The van der Waals surface area contributed by atoms with Crippen LogP contribution in [0.2, 0.25) is 0 Å². The van der Waals surface area contributed by atoms with Gasteiger partial charge in [0.25, 0.3) is 0 Å². The summed E-state index contributed by atoms with van der Waals surface area (Å²) >= 11 is 0. The molecule has 0 atom stereocenters. The SMILES string of the molecule is N#Cc1ccc(-c2cncc(-n3c4ccc(-c5ccc6c(c5)c5ncccc5n6-c5nc(-c6ccccc6)cc(-c6ccccc6)n5)cc4c4ncccc43)c2)c(C#N)c1.